The lowest BCUT2D eigenvalue weighted by Crippen LogP contribution is -2.48. The van der Waals surface area contributed by atoms with Crippen LogP contribution in [0.25, 0.3) is 22.6 Å². The van der Waals surface area contributed by atoms with Gasteiger partial charge < -0.3 is 4.57 Å². The number of nitrogens with zero attached hydrogens (tertiary/aromatic N) is 4. The summed E-state index contributed by atoms with van der Waals surface area (Å²) in [5.74, 6) is 0.490. The monoisotopic (exact) mass is 542 g/mol. The van der Waals surface area contributed by atoms with Gasteiger partial charge in [-0.05, 0) is 48.4 Å². The molecule has 5 rings (SSSR count). The molecule has 0 atom stereocenters. The number of halogens is 1. The lowest BCUT2D eigenvalue weighted by atomic mass is 10.2. The highest BCUT2D eigenvalue weighted by atomic mass is 35.5. The molecule has 4 aromatic rings. The van der Waals surface area contributed by atoms with Gasteiger partial charge in [0.1, 0.15) is 11.5 Å². The lowest BCUT2D eigenvalue weighted by Gasteiger charge is -2.34. The SMILES string of the molecule is CCCn1c(-c2ccc(S(=O)(=O)N3CCN(Cc4ccc(Cl)cc4)CC3)cc2)nc2c(=O)[nH]c(=O)[nH]c21. The van der Waals surface area contributed by atoms with Crippen molar-refractivity contribution >= 4 is 32.8 Å². The number of imidazole rings is 1. The van der Waals surface area contributed by atoms with Crippen molar-refractivity contribution < 1.29 is 8.42 Å². The van der Waals surface area contributed by atoms with Gasteiger partial charge in [-0.3, -0.25) is 19.7 Å². The number of H-pyrrole nitrogens is 2. The van der Waals surface area contributed by atoms with Gasteiger partial charge in [-0.15, -0.1) is 0 Å². The minimum atomic E-state index is -3.66. The number of aromatic nitrogens is 4. The van der Waals surface area contributed by atoms with E-state index in [2.05, 4.69) is 19.9 Å². The molecule has 0 saturated carbocycles. The Labute approximate surface area is 218 Å². The van der Waals surface area contributed by atoms with Crippen molar-refractivity contribution in [1.29, 1.82) is 0 Å². The van der Waals surface area contributed by atoms with Crippen molar-refractivity contribution in [2.24, 2.45) is 0 Å². The molecule has 1 saturated heterocycles. The van der Waals surface area contributed by atoms with E-state index in [1.165, 1.54) is 4.31 Å². The molecule has 0 aliphatic carbocycles. The Morgan fingerprint density at radius 1 is 0.946 bits per heavy atom. The van der Waals surface area contributed by atoms with Gasteiger partial charge in [0.15, 0.2) is 5.52 Å². The summed E-state index contributed by atoms with van der Waals surface area (Å²) >= 11 is 5.96. The van der Waals surface area contributed by atoms with E-state index in [4.69, 9.17) is 11.6 Å². The van der Waals surface area contributed by atoms with Gasteiger partial charge >= 0.3 is 5.69 Å². The predicted molar refractivity (Wildman–Crippen MR) is 142 cm³/mol. The van der Waals surface area contributed by atoms with Gasteiger partial charge in [0.25, 0.3) is 5.56 Å². The van der Waals surface area contributed by atoms with Gasteiger partial charge in [-0.1, -0.05) is 30.7 Å². The number of fused-ring (bicyclic) bond motifs is 1. The average Bonchev–Trinajstić information content (AvgIpc) is 3.25. The van der Waals surface area contributed by atoms with E-state index >= 15 is 0 Å². The van der Waals surface area contributed by atoms with Crippen LogP contribution in [0.5, 0.6) is 0 Å². The van der Waals surface area contributed by atoms with Crippen LogP contribution in [-0.4, -0.2) is 63.3 Å². The molecule has 12 heteroatoms. The Kier molecular flexibility index (Phi) is 7.04. The molecule has 10 nitrogen and oxygen atoms in total. The van der Waals surface area contributed by atoms with Crippen LogP contribution in [0.15, 0.2) is 63.0 Å². The number of nitrogens with one attached hydrogen (secondary N) is 2. The Morgan fingerprint density at radius 3 is 2.27 bits per heavy atom. The minimum Gasteiger partial charge on any atom is -0.310 e. The van der Waals surface area contributed by atoms with E-state index in [-0.39, 0.29) is 10.4 Å². The van der Waals surface area contributed by atoms with Crippen molar-refractivity contribution in [3.8, 4) is 11.4 Å². The Morgan fingerprint density at radius 2 is 1.62 bits per heavy atom. The third-order valence-electron chi connectivity index (χ3n) is 6.49. The first-order valence-electron chi connectivity index (χ1n) is 12.1. The van der Waals surface area contributed by atoms with Crippen LogP contribution in [0, 0.1) is 0 Å². The molecule has 0 radical (unpaired) electrons. The second-order valence-electron chi connectivity index (χ2n) is 9.02. The van der Waals surface area contributed by atoms with Crippen molar-refractivity contribution in [1.82, 2.24) is 28.7 Å². The third-order valence-corrected chi connectivity index (χ3v) is 8.65. The fraction of sp³-hybridized carbons (Fsp3) is 0.320. The van der Waals surface area contributed by atoms with E-state index in [1.54, 1.807) is 28.8 Å². The Bertz CT molecular complexity index is 1630. The summed E-state index contributed by atoms with van der Waals surface area (Å²) in [4.78, 5) is 35.8. The van der Waals surface area contributed by atoms with Gasteiger partial charge in [0, 0.05) is 49.9 Å². The van der Waals surface area contributed by atoms with Gasteiger partial charge in [-0.25, -0.2) is 18.2 Å². The van der Waals surface area contributed by atoms with Crippen molar-refractivity contribution in [2.75, 3.05) is 26.2 Å². The van der Waals surface area contributed by atoms with Crippen molar-refractivity contribution in [3.05, 3.63) is 80.0 Å². The van der Waals surface area contributed by atoms with Crippen molar-refractivity contribution in [3.63, 3.8) is 0 Å². The zero-order valence-corrected chi connectivity index (χ0v) is 21.8. The number of aromatic amines is 2. The zero-order valence-electron chi connectivity index (χ0n) is 20.3. The minimum absolute atomic E-state index is 0.135. The maximum Gasteiger partial charge on any atom is 0.327 e. The molecule has 0 unspecified atom stereocenters. The van der Waals surface area contributed by atoms with Gasteiger partial charge in [-0.2, -0.15) is 4.31 Å². The molecule has 2 aromatic carbocycles. The van der Waals surface area contributed by atoms with Gasteiger partial charge in [0.2, 0.25) is 10.0 Å². The average molecular weight is 543 g/mol. The summed E-state index contributed by atoms with van der Waals surface area (Å²) in [6, 6.07) is 14.2. The Hall–Kier alpha value is -3.25. The van der Waals surface area contributed by atoms with E-state index in [0.29, 0.717) is 54.8 Å². The highest BCUT2D eigenvalue weighted by molar-refractivity contribution is 7.89. The van der Waals surface area contributed by atoms with Crippen LogP contribution in [0.2, 0.25) is 5.02 Å². The molecule has 1 aliphatic heterocycles. The number of piperazine rings is 1. The normalized spacial score (nSPS) is 15.4. The Balaban J connectivity index is 1.34. The topological polar surface area (TPSA) is 124 Å². The summed E-state index contributed by atoms with van der Waals surface area (Å²) < 4.78 is 29.9. The van der Waals surface area contributed by atoms with E-state index < -0.39 is 21.3 Å². The number of aryl methyl sites for hydroxylation is 1. The van der Waals surface area contributed by atoms with Crippen LogP contribution in [0.4, 0.5) is 0 Å². The summed E-state index contributed by atoms with van der Waals surface area (Å²) in [7, 11) is -3.66. The predicted octanol–water partition coefficient (Wildman–Crippen LogP) is 2.65. The second-order valence-corrected chi connectivity index (χ2v) is 11.4. The van der Waals surface area contributed by atoms with Crippen LogP contribution in [-0.2, 0) is 23.1 Å². The highest BCUT2D eigenvalue weighted by Gasteiger charge is 2.28. The fourth-order valence-electron chi connectivity index (χ4n) is 4.60. The standard InChI is InChI=1S/C25H27ClN6O4S/c1-2-11-32-22(27-21-23(32)28-25(34)29-24(21)33)18-5-9-20(10-6-18)37(35,36)31-14-12-30(13-15-31)16-17-3-7-19(26)8-4-17/h3-10H,2,11-16H2,1H3,(H2,28,29,33,34). The number of sulfonamides is 1. The van der Waals surface area contributed by atoms with E-state index in [9.17, 15) is 18.0 Å². The smallest absolute Gasteiger partial charge is 0.310 e. The molecule has 37 heavy (non-hydrogen) atoms. The molecule has 1 fully saturated rings. The number of hydrogen-bond donors (Lipinski definition) is 2. The first-order valence-corrected chi connectivity index (χ1v) is 13.9. The molecular formula is C25H27ClN6O4S. The number of rotatable bonds is 7. The quantitative estimate of drug-likeness (QED) is 0.370. The summed E-state index contributed by atoms with van der Waals surface area (Å²) in [6.45, 7) is 5.33. The second kappa shape index (κ2) is 10.3. The maximum absolute atomic E-state index is 13.3. The highest BCUT2D eigenvalue weighted by Crippen LogP contribution is 2.25. The zero-order chi connectivity index (χ0) is 26.2. The number of benzene rings is 2. The summed E-state index contributed by atoms with van der Waals surface area (Å²) in [6.07, 6.45) is 0.754. The van der Waals surface area contributed by atoms with E-state index in [1.807, 2.05) is 31.2 Å². The number of hydrogen-bond acceptors (Lipinski definition) is 6. The first kappa shape index (κ1) is 25.4. The summed E-state index contributed by atoms with van der Waals surface area (Å²) in [5, 5.41) is 0.692. The van der Waals surface area contributed by atoms with Crippen LogP contribution in [0.1, 0.15) is 18.9 Å². The molecule has 3 heterocycles. The molecule has 194 valence electrons. The molecule has 0 spiro atoms. The third kappa shape index (κ3) is 5.12. The molecule has 1 aliphatic rings. The first-order chi connectivity index (χ1) is 17.8. The van der Waals surface area contributed by atoms with Crippen LogP contribution >= 0.6 is 11.6 Å². The molecular weight excluding hydrogens is 516 g/mol. The largest absolute Gasteiger partial charge is 0.327 e. The van der Waals surface area contributed by atoms with Crippen LogP contribution < -0.4 is 11.2 Å². The van der Waals surface area contributed by atoms with Gasteiger partial charge in [0.05, 0.1) is 4.90 Å². The molecule has 0 amide bonds. The fourth-order valence-corrected chi connectivity index (χ4v) is 6.15. The van der Waals surface area contributed by atoms with E-state index in [0.717, 1.165) is 18.5 Å². The maximum atomic E-state index is 13.3. The lowest BCUT2D eigenvalue weighted by molar-refractivity contribution is 0.181. The molecule has 0 bridgehead atoms. The van der Waals surface area contributed by atoms with Crippen LogP contribution in [0.3, 0.4) is 0 Å². The van der Waals surface area contributed by atoms with Crippen molar-refractivity contribution in [2.45, 2.75) is 31.3 Å². The molecule has 2 aromatic heterocycles. The molecule has 2 N–H and O–H groups in total. The summed E-state index contributed by atoms with van der Waals surface area (Å²) in [5.41, 5.74) is 1.10.